The number of fused-ring (bicyclic) bond motifs is 7. The van der Waals surface area contributed by atoms with E-state index in [9.17, 15) is 34.5 Å². The number of carboxylic acid groups (broad SMARTS) is 2. The lowest BCUT2D eigenvalue weighted by Gasteiger charge is -2.60. The van der Waals surface area contributed by atoms with Gasteiger partial charge in [0.1, 0.15) is 11.9 Å². The molecule has 44 heavy (non-hydrogen) atoms. The van der Waals surface area contributed by atoms with Crippen molar-refractivity contribution in [1.82, 2.24) is 0 Å². The number of hydrogen-bond donors (Lipinski definition) is 4. The summed E-state index contributed by atoms with van der Waals surface area (Å²) in [5.74, 6) is -3.45. The van der Waals surface area contributed by atoms with Crippen LogP contribution in [-0.2, 0) is 33.4 Å². The fourth-order valence-corrected chi connectivity index (χ4v) is 11.0. The summed E-state index contributed by atoms with van der Waals surface area (Å²) in [4.78, 5) is 49.6. The molecule has 0 bridgehead atoms. The van der Waals surface area contributed by atoms with E-state index in [-0.39, 0.29) is 41.1 Å². The molecule has 4 N–H and O–H groups in total. The molecule has 0 aromatic rings. The zero-order valence-corrected chi connectivity index (χ0v) is 26.2. The SMILES string of the molecule is C[C@@H]1CC[C@@]2(OC1)OC1CC3C4CC[C@H]5C[C@@H](OC(=O)C(O)C(O)(CC(=O)O)C(=O)O)CC[C@]5(C)C4CC(=O)[C@]3(C)C1[C@@H]2C. The molecule has 0 aromatic heterocycles. The third kappa shape index (κ3) is 4.58. The normalized spacial score (nSPS) is 48.3. The summed E-state index contributed by atoms with van der Waals surface area (Å²) in [6, 6.07) is 0. The van der Waals surface area contributed by atoms with E-state index in [2.05, 4.69) is 27.7 Å². The van der Waals surface area contributed by atoms with Crippen LogP contribution in [0.3, 0.4) is 0 Å². The zero-order valence-electron chi connectivity index (χ0n) is 26.2. The maximum atomic E-state index is 14.3. The molecule has 6 aliphatic rings. The molecule has 7 unspecified atom stereocenters. The van der Waals surface area contributed by atoms with Gasteiger partial charge in [0.05, 0.1) is 19.1 Å². The van der Waals surface area contributed by atoms with Crippen LogP contribution < -0.4 is 0 Å². The number of aliphatic hydroxyl groups is 2. The first-order valence-corrected chi connectivity index (χ1v) is 16.5. The molecule has 2 heterocycles. The monoisotopic (exact) mass is 620 g/mol. The molecule has 6 rings (SSSR count). The van der Waals surface area contributed by atoms with Crippen LogP contribution >= 0.6 is 0 Å². The number of carboxylic acids is 2. The van der Waals surface area contributed by atoms with E-state index >= 15 is 0 Å². The molecule has 14 atom stereocenters. The van der Waals surface area contributed by atoms with Gasteiger partial charge < -0.3 is 34.6 Å². The predicted octanol–water partition coefficient (Wildman–Crippen LogP) is 3.18. The number of carbonyl (C=O) groups is 4. The Morgan fingerprint density at radius 2 is 1.77 bits per heavy atom. The van der Waals surface area contributed by atoms with Crippen molar-refractivity contribution < 1.29 is 53.8 Å². The highest BCUT2D eigenvalue weighted by Crippen LogP contribution is 2.70. The van der Waals surface area contributed by atoms with E-state index in [1.54, 1.807) is 0 Å². The minimum Gasteiger partial charge on any atom is -0.481 e. The number of ketones is 1. The molecule has 0 amide bonds. The van der Waals surface area contributed by atoms with Crippen LogP contribution in [0.25, 0.3) is 0 Å². The third-order valence-corrected chi connectivity index (χ3v) is 13.5. The number of aliphatic hydroxyl groups excluding tert-OH is 1. The third-order valence-electron chi connectivity index (χ3n) is 13.5. The van der Waals surface area contributed by atoms with Crippen LogP contribution in [0.2, 0.25) is 0 Å². The molecule has 0 radical (unpaired) electrons. The fraction of sp³-hybridized carbons (Fsp3) is 0.879. The highest BCUT2D eigenvalue weighted by molar-refractivity contribution is 5.91. The van der Waals surface area contributed by atoms with Gasteiger partial charge in [-0.05, 0) is 80.0 Å². The Kier molecular flexibility index (Phi) is 7.78. The van der Waals surface area contributed by atoms with Crippen LogP contribution in [-0.4, -0.2) is 80.4 Å². The topological polar surface area (TPSA) is 177 Å². The minimum absolute atomic E-state index is 0.0220. The number of Topliss-reactive ketones (excluding diaryl/α,β-unsaturated/α-hetero) is 1. The molecule has 4 aliphatic carbocycles. The van der Waals surface area contributed by atoms with Crippen molar-refractivity contribution in [2.24, 2.45) is 52.3 Å². The summed E-state index contributed by atoms with van der Waals surface area (Å²) in [6.45, 7) is 9.58. The molecule has 1 spiro atoms. The largest absolute Gasteiger partial charge is 0.481 e. The molecule has 2 saturated heterocycles. The Labute approximate surface area is 258 Å². The number of aliphatic carboxylic acids is 2. The van der Waals surface area contributed by atoms with Crippen molar-refractivity contribution in [1.29, 1.82) is 0 Å². The summed E-state index contributed by atoms with van der Waals surface area (Å²) in [5.41, 5.74) is -3.77. The first kappa shape index (κ1) is 31.9. The molecular weight excluding hydrogens is 572 g/mol. The Hall–Kier alpha value is -2.08. The van der Waals surface area contributed by atoms with Crippen LogP contribution in [0, 0.1) is 52.3 Å². The zero-order chi connectivity index (χ0) is 32.0. The summed E-state index contributed by atoms with van der Waals surface area (Å²) in [6.07, 6.45) is 2.43. The number of rotatable bonds is 6. The van der Waals surface area contributed by atoms with Crippen molar-refractivity contribution in [3.8, 4) is 0 Å². The fourth-order valence-electron chi connectivity index (χ4n) is 11.0. The van der Waals surface area contributed by atoms with Crippen LogP contribution in [0.5, 0.6) is 0 Å². The maximum absolute atomic E-state index is 14.3. The smallest absolute Gasteiger partial charge is 0.339 e. The van der Waals surface area contributed by atoms with Gasteiger partial charge in [-0.3, -0.25) is 9.59 Å². The summed E-state index contributed by atoms with van der Waals surface area (Å²) < 4.78 is 18.7. The lowest BCUT2D eigenvalue weighted by Crippen LogP contribution is -2.58. The maximum Gasteiger partial charge on any atom is 0.339 e. The number of ether oxygens (including phenoxy) is 3. The van der Waals surface area contributed by atoms with Gasteiger partial charge in [0.25, 0.3) is 0 Å². The van der Waals surface area contributed by atoms with Gasteiger partial charge in [0.15, 0.2) is 11.9 Å². The Morgan fingerprint density at radius 1 is 1.05 bits per heavy atom. The van der Waals surface area contributed by atoms with E-state index in [4.69, 9.17) is 19.3 Å². The first-order chi connectivity index (χ1) is 20.6. The highest BCUT2D eigenvalue weighted by atomic mass is 16.7. The van der Waals surface area contributed by atoms with Gasteiger partial charge in [-0.2, -0.15) is 0 Å². The average Bonchev–Trinajstić information content (AvgIpc) is 3.41. The summed E-state index contributed by atoms with van der Waals surface area (Å²) in [5, 5.41) is 38.9. The first-order valence-electron chi connectivity index (χ1n) is 16.5. The van der Waals surface area contributed by atoms with Gasteiger partial charge in [0, 0.05) is 30.1 Å². The van der Waals surface area contributed by atoms with Gasteiger partial charge in [-0.1, -0.05) is 27.7 Å². The van der Waals surface area contributed by atoms with E-state index in [0.29, 0.717) is 49.9 Å². The van der Waals surface area contributed by atoms with Gasteiger partial charge in [-0.25, -0.2) is 9.59 Å². The molecule has 246 valence electrons. The molecule has 2 aliphatic heterocycles. The summed E-state index contributed by atoms with van der Waals surface area (Å²) >= 11 is 0. The minimum atomic E-state index is -3.19. The second-order valence-corrected chi connectivity index (χ2v) is 15.6. The second kappa shape index (κ2) is 10.7. The van der Waals surface area contributed by atoms with Gasteiger partial charge in [-0.15, -0.1) is 0 Å². The summed E-state index contributed by atoms with van der Waals surface area (Å²) in [7, 11) is 0. The predicted molar refractivity (Wildman–Crippen MR) is 153 cm³/mol. The van der Waals surface area contributed by atoms with Crippen LogP contribution in [0.4, 0.5) is 0 Å². The van der Waals surface area contributed by atoms with Crippen LogP contribution in [0.15, 0.2) is 0 Å². The number of hydrogen-bond acceptors (Lipinski definition) is 9. The van der Waals surface area contributed by atoms with Gasteiger partial charge in [0.2, 0.25) is 5.60 Å². The Bertz CT molecular complexity index is 1210. The van der Waals surface area contributed by atoms with Crippen molar-refractivity contribution in [2.75, 3.05) is 6.61 Å². The van der Waals surface area contributed by atoms with Crippen molar-refractivity contribution in [3.05, 3.63) is 0 Å². The van der Waals surface area contributed by atoms with E-state index < -0.39 is 53.3 Å². The lowest BCUT2D eigenvalue weighted by molar-refractivity contribution is -0.272. The average molecular weight is 621 g/mol. The lowest BCUT2D eigenvalue weighted by atomic mass is 9.44. The quantitative estimate of drug-likeness (QED) is 0.321. The molecule has 11 heteroatoms. The Balaban J connectivity index is 1.14. The van der Waals surface area contributed by atoms with Crippen molar-refractivity contribution in [2.45, 2.75) is 122 Å². The van der Waals surface area contributed by atoms with E-state index in [1.165, 1.54) is 0 Å². The second-order valence-electron chi connectivity index (χ2n) is 15.6. The molecular formula is C33H48O11. The van der Waals surface area contributed by atoms with Gasteiger partial charge >= 0.3 is 17.9 Å². The number of esters is 1. The molecule has 6 fully saturated rings. The van der Waals surface area contributed by atoms with E-state index in [0.717, 1.165) is 32.1 Å². The van der Waals surface area contributed by atoms with Crippen molar-refractivity contribution >= 4 is 23.7 Å². The molecule has 4 saturated carbocycles. The standard InChI is InChI=1S/C33H48O11/c1-16-7-10-33(42-15-16)17(2)26-23(44-33)12-22-20-6-5-18-11-19(8-9-30(18,3)21(20)13-24(34)31(22,26)4)43-28(38)27(37)32(41,29(39)40)14-25(35)36/h16-23,26-27,37,41H,5-15H2,1-4H3,(H,35,36)(H,39,40)/t16-,17+,18+,19+,20?,21?,22?,23?,26?,27?,30+,31-,32?,33-/m1/s1. The van der Waals surface area contributed by atoms with E-state index in [1.807, 2.05) is 0 Å². The van der Waals surface area contributed by atoms with Crippen molar-refractivity contribution in [3.63, 3.8) is 0 Å². The number of carbonyl (C=O) groups excluding carboxylic acids is 2. The molecule has 11 nitrogen and oxygen atoms in total. The highest BCUT2D eigenvalue weighted by Gasteiger charge is 2.71. The molecule has 0 aromatic carbocycles. The Morgan fingerprint density at radius 3 is 2.41 bits per heavy atom. The van der Waals surface area contributed by atoms with Crippen LogP contribution in [0.1, 0.15) is 91.9 Å².